The number of nitrogens with two attached hydrogens (primary N) is 1. The van der Waals surface area contributed by atoms with Crippen LogP contribution < -0.4 is 20.5 Å². The Morgan fingerprint density at radius 3 is 2.67 bits per heavy atom. The van der Waals surface area contributed by atoms with Crippen molar-refractivity contribution < 1.29 is 14.3 Å². The van der Waals surface area contributed by atoms with Gasteiger partial charge in [0.25, 0.3) is 5.91 Å². The van der Waals surface area contributed by atoms with Crippen LogP contribution >= 0.6 is 0 Å². The Morgan fingerprint density at radius 2 is 2.10 bits per heavy atom. The fourth-order valence-corrected chi connectivity index (χ4v) is 1.90. The van der Waals surface area contributed by atoms with Crippen molar-refractivity contribution in [2.45, 2.75) is 45.8 Å². The smallest absolute Gasteiger partial charge is 0.260 e. The maximum absolute atomic E-state index is 12.0. The summed E-state index contributed by atoms with van der Waals surface area (Å²) < 4.78 is 11.0. The second-order valence-corrected chi connectivity index (χ2v) is 5.10. The van der Waals surface area contributed by atoms with Crippen molar-refractivity contribution in [3.63, 3.8) is 0 Å². The number of carbonyl (C=O) groups excluding carboxylic acids is 1. The van der Waals surface area contributed by atoms with Gasteiger partial charge in [0.15, 0.2) is 6.10 Å². The number of benzene rings is 1. The Morgan fingerprint density at radius 1 is 1.38 bits per heavy atom. The lowest BCUT2D eigenvalue weighted by Crippen LogP contribution is -2.37. The van der Waals surface area contributed by atoms with Gasteiger partial charge in [0.1, 0.15) is 11.5 Å². The predicted molar refractivity (Wildman–Crippen MR) is 83.6 cm³/mol. The van der Waals surface area contributed by atoms with Gasteiger partial charge in [0.05, 0.1) is 7.11 Å². The van der Waals surface area contributed by atoms with Gasteiger partial charge >= 0.3 is 0 Å². The Hall–Kier alpha value is -1.75. The van der Waals surface area contributed by atoms with Crippen LogP contribution in [0, 0.1) is 0 Å². The van der Waals surface area contributed by atoms with Crippen molar-refractivity contribution in [2.24, 2.45) is 5.73 Å². The van der Waals surface area contributed by atoms with Crippen LogP contribution in [0.4, 0.5) is 0 Å². The third kappa shape index (κ3) is 5.27. The predicted octanol–water partition coefficient (Wildman–Crippen LogP) is 2.40. The maximum Gasteiger partial charge on any atom is 0.260 e. The van der Waals surface area contributed by atoms with E-state index < -0.39 is 6.10 Å². The molecule has 0 spiro atoms. The number of rotatable bonds is 8. The Kier molecular flexibility index (Phi) is 7.02. The highest BCUT2D eigenvalue weighted by molar-refractivity contribution is 5.80. The van der Waals surface area contributed by atoms with Gasteiger partial charge in [0, 0.05) is 24.2 Å². The molecule has 1 rings (SSSR count). The molecule has 1 aromatic rings. The van der Waals surface area contributed by atoms with Crippen LogP contribution in [-0.4, -0.2) is 25.7 Å². The monoisotopic (exact) mass is 294 g/mol. The van der Waals surface area contributed by atoms with Crippen LogP contribution in [-0.2, 0) is 4.79 Å². The topological polar surface area (TPSA) is 73.6 Å². The van der Waals surface area contributed by atoms with Crippen LogP contribution in [0.2, 0.25) is 0 Å². The largest absolute Gasteiger partial charge is 0.497 e. The van der Waals surface area contributed by atoms with Crippen LogP contribution in [0.5, 0.6) is 11.5 Å². The molecule has 0 aromatic heterocycles. The molecule has 5 nitrogen and oxygen atoms in total. The van der Waals surface area contributed by atoms with E-state index in [2.05, 4.69) is 12.2 Å². The summed E-state index contributed by atoms with van der Waals surface area (Å²) in [6.45, 7) is 6.35. The average molecular weight is 294 g/mol. The van der Waals surface area contributed by atoms with Gasteiger partial charge in [-0.2, -0.15) is 0 Å². The standard InChI is InChI=1S/C16H26N2O3/c1-5-6-9-18-16(19)12(3)21-15-10-13(20-4)7-8-14(15)11(2)17/h7-8,10-12H,5-6,9,17H2,1-4H3,(H,18,19)/t11-,12?/m0/s1. The first-order valence-electron chi connectivity index (χ1n) is 7.37. The average Bonchev–Trinajstić information content (AvgIpc) is 2.46. The summed E-state index contributed by atoms with van der Waals surface area (Å²) in [5.74, 6) is 1.14. The zero-order valence-corrected chi connectivity index (χ0v) is 13.3. The van der Waals surface area contributed by atoms with Gasteiger partial charge < -0.3 is 20.5 Å². The summed E-state index contributed by atoms with van der Waals surface area (Å²) in [5, 5.41) is 2.85. The zero-order chi connectivity index (χ0) is 15.8. The molecule has 0 radical (unpaired) electrons. The molecular weight excluding hydrogens is 268 g/mol. The minimum absolute atomic E-state index is 0.123. The maximum atomic E-state index is 12.0. The van der Waals surface area contributed by atoms with Crippen molar-refractivity contribution in [1.29, 1.82) is 0 Å². The van der Waals surface area contributed by atoms with E-state index in [1.54, 1.807) is 20.1 Å². The van der Waals surface area contributed by atoms with E-state index in [0.717, 1.165) is 18.4 Å². The van der Waals surface area contributed by atoms with Crippen molar-refractivity contribution in [3.05, 3.63) is 23.8 Å². The van der Waals surface area contributed by atoms with E-state index in [1.165, 1.54) is 0 Å². The lowest BCUT2D eigenvalue weighted by Gasteiger charge is -2.19. The van der Waals surface area contributed by atoms with E-state index in [9.17, 15) is 4.79 Å². The second kappa shape index (κ2) is 8.52. The minimum Gasteiger partial charge on any atom is -0.497 e. The molecule has 2 atom stereocenters. The second-order valence-electron chi connectivity index (χ2n) is 5.10. The molecule has 0 bridgehead atoms. The number of hydrogen-bond acceptors (Lipinski definition) is 4. The van der Waals surface area contributed by atoms with Crippen molar-refractivity contribution >= 4 is 5.91 Å². The molecule has 1 unspecified atom stereocenters. The van der Waals surface area contributed by atoms with Crippen LogP contribution in [0.1, 0.15) is 45.2 Å². The number of carbonyl (C=O) groups is 1. The quantitative estimate of drug-likeness (QED) is 0.722. The third-order valence-electron chi connectivity index (χ3n) is 3.21. The van der Waals surface area contributed by atoms with E-state index in [1.807, 2.05) is 19.1 Å². The molecule has 21 heavy (non-hydrogen) atoms. The van der Waals surface area contributed by atoms with E-state index in [0.29, 0.717) is 18.0 Å². The minimum atomic E-state index is -0.577. The summed E-state index contributed by atoms with van der Waals surface area (Å²) in [7, 11) is 1.59. The fourth-order valence-electron chi connectivity index (χ4n) is 1.90. The lowest BCUT2D eigenvalue weighted by molar-refractivity contribution is -0.127. The number of nitrogens with one attached hydrogen (secondary N) is 1. The van der Waals surface area contributed by atoms with Gasteiger partial charge in [-0.15, -0.1) is 0 Å². The fraction of sp³-hybridized carbons (Fsp3) is 0.562. The van der Waals surface area contributed by atoms with E-state index in [-0.39, 0.29) is 11.9 Å². The molecular formula is C16H26N2O3. The third-order valence-corrected chi connectivity index (χ3v) is 3.21. The molecule has 0 heterocycles. The normalized spacial score (nSPS) is 13.4. The Bertz CT molecular complexity index is 461. The first-order valence-corrected chi connectivity index (χ1v) is 7.37. The highest BCUT2D eigenvalue weighted by Gasteiger charge is 2.17. The molecule has 0 aliphatic heterocycles. The van der Waals surface area contributed by atoms with Crippen molar-refractivity contribution in [3.8, 4) is 11.5 Å². The molecule has 0 aliphatic rings. The van der Waals surface area contributed by atoms with Gasteiger partial charge in [-0.25, -0.2) is 0 Å². The summed E-state index contributed by atoms with van der Waals surface area (Å²) in [4.78, 5) is 12.0. The van der Waals surface area contributed by atoms with E-state index >= 15 is 0 Å². The number of unbranched alkanes of at least 4 members (excludes halogenated alkanes) is 1. The molecule has 1 amide bonds. The number of ether oxygens (including phenoxy) is 2. The number of hydrogen-bond donors (Lipinski definition) is 2. The molecule has 5 heteroatoms. The zero-order valence-electron chi connectivity index (χ0n) is 13.3. The van der Waals surface area contributed by atoms with Gasteiger partial charge in [-0.3, -0.25) is 4.79 Å². The first-order chi connectivity index (χ1) is 9.99. The summed E-state index contributed by atoms with van der Waals surface area (Å²) in [5.41, 5.74) is 6.79. The van der Waals surface area contributed by atoms with Gasteiger partial charge in [0.2, 0.25) is 0 Å². The Labute approximate surface area is 126 Å². The SMILES string of the molecule is CCCCNC(=O)C(C)Oc1cc(OC)ccc1[C@H](C)N. The molecule has 1 aromatic carbocycles. The molecule has 0 aliphatic carbocycles. The molecule has 0 fully saturated rings. The van der Waals surface area contributed by atoms with E-state index in [4.69, 9.17) is 15.2 Å². The molecule has 118 valence electrons. The van der Waals surface area contributed by atoms with Crippen molar-refractivity contribution in [1.82, 2.24) is 5.32 Å². The van der Waals surface area contributed by atoms with Crippen LogP contribution in [0.15, 0.2) is 18.2 Å². The lowest BCUT2D eigenvalue weighted by atomic mass is 10.1. The molecule has 0 saturated carbocycles. The highest BCUT2D eigenvalue weighted by Crippen LogP contribution is 2.29. The summed E-state index contributed by atoms with van der Waals surface area (Å²) >= 11 is 0. The number of methoxy groups -OCH3 is 1. The van der Waals surface area contributed by atoms with Crippen LogP contribution in [0.3, 0.4) is 0 Å². The van der Waals surface area contributed by atoms with Gasteiger partial charge in [-0.1, -0.05) is 19.4 Å². The molecule has 0 saturated heterocycles. The van der Waals surface area contributed by atoms with Gasteiger partial charge in [-0.05, 0) is 26.3 Å². The summed E-state index contributed by atoms with van der Waals surface area (Å²) in [6, 6.07) is 5.27. The van der Waals surface area contributed by atoms with Crippen molar-refractivity contribution in [2.75, 3.05) is 13.7 Å². The number of amides is 1. The highest BCUT2D eigenvalue weighted by atomic mass is 16.5. The Balaban J connectivity index is 2.77. The first kappa shape index (κ1) is 17.3. The van der Waals surface area contributed by atoms with Crippen LogP contribution in [0.25, 0.3) is 0 Å². The summed E-state index contributed by atoms with van der Waals surface area (Å²) in [6.07, 6.45) is 1.43. The molecule has 3 N–H and O–H groups in total.